The van der Waals surface area contributed by atoms with Crippen LogP contribution in [0, 0.1) is 6.92 Å². The number of hydrogen-bond acceptors (Lipinski definition) is 4. The van der Waals surface area contributed by atoms with Crippen LogP contribution in [0.3, 0.4) is 0 Å². The summed E-state index contributed by atoms with van der Waals surface area (Å²) in [5.74, 6) is -0.735. The third-order valence-corrected chi connectivity index (χ3v) is 3.60. The summed E-state index contributed by atoms with van der Waals surface area (Å²) in [6.07, 6.45) is 0.730. The molecule has 1 aromatic carbocycles. The molecule has 1 amide bonds. The van der Waals surface area contributed by atoms with Gasteiger partial charge in [0.15, 0.2) is 6.61 Å². The predicted molar refractivity (Wildman–Crippen MR) is 84.8 cm³/mol. The van der Waals surface area contributed by atoms with Crippen molar-refractivity contribution < 1.29 is 14.3 Å². The van der Waals surface area contributed by atoms with Gasteiger partial charge in [0.1, 0.15) is 0 Å². The van der Waals surface area contributed by atoms with E-state index in [2.05, 4.69) is 4.98 Å². The van der Waals surface area contributed by atoms with Crippen LogP contribution in [0.2, 0.25) is 0 Å². The first-order valence-electron chi connectivity index (χ1n) is 7.21. The zero-order valence-electron chi connectivity index (χ0n) is 13.3. The molecule has 1 aromatic heterocycles. The maximum atomic E-state index is 12.5. The Hall–Kier alpha value is -2.43. The Bertz CT molecular complexity index is 723. The highest BCUT2D eigenvalue weighted by Gasteiger charge is 2.19. The number of para-hydroxylation sites is 1. The van der Waals surface area contributed by atoms with Crippen LogP contribution in [0.25, 0.3) is 10.9 Å². The minimum Gasteiger partial charge on any atom is -0.452 e. The molecule has 0 spiro atoms. The monoisotopic (exact) mass is 300 g/mol. The highest BCUT2D eigenvalue weighted by molar-refractivity contribution is 6.05. The van der Waals surface area contributed by atoms with Crippen LogP contribution in [0.15, 0.2) is 24.3 Å². The summed E-state index contributed by atoms with van der Waals surface area (Å²) in [7, 11) is 3.25. The van der Waals surface area contributed by atoms with Crippen LogP contribution in [0.1, 0.15) is 28.5 Å². The second-order valence-corrected chi connectivity index (χ2v) is 5.29. The Labute approximate surface area is 129 Å². The molecule has 5 heteroatoms. The van der Waals surface area contributed by atoms with E-state index in [1.807, 2.05) is 38.1 Å². The fourth-order valence-electron chi connectivity index (χ4n) is 2.29. The molecule has 0 bridgehead atoms. The van der Waals surface area contributed by atoms with E-state index in [9.17, 15) is 9.59 Å². The number of amides is 1. The van der Waals surface area contributed by atoms with Gasteiger partial charge in [-0.1, -0.05) is 25.1 Å². The van der Waals surface area contributed by atoms with Gasteiger partial charge in [-0.15, -0.1) is 0 Å². The summed E-state index contributed by atoms with van der Waals surface area (Å²) in [4.78, 5) is 30.0. The number of benzene rings is 1. The summed E-state index contributed by atoms with van der Waals surface area (Å²) >= 11 is 0. The number of ether oxygens (including phenoxy) is 1. The fraction of sp³-hybridized carbons (Fsp3) is 0.353. The zero-order chi connectivity index (χ0) is 16.3. The third kappa shape index (κ3) is 3.08. The van der Waals surface area contributed by atoms with Gasteiger partial charge in [-0.3, -0.25) is 9.78 Å². The van der Waals surface area contributed by atoms with Gasteiger partial charge in [-0.2, -0.15) is 0 Å². The molecule has 2 aromatic rings. The smallest absolute Gasteiger partial charge is 0.339 e. The largest absolute Gasteiger partial charge is 0.452 e. The van der Waals surface area contributed by atoms with E-state index in [-0.39, 0.29) is 12.5 Å². The number of rotatable bonds is 4. The lowest BCUT2D eigenvalue weighted by Gasteiger charge is -2.14. The second kappa shape index (κ2) is 6.56. The number of nitrogens with zero attached hydrogens (tertiary/aromatic N) is 2. The van der Waals surface area contributed by atoms with Crippen molar-refractivity contribution in [2.45, 2.75) is 20.3 Å². The lowest BCUT2D eigenvalue weighted by atomic mass is 10.0. The zero-order valence-corrected chi connectivity index (χ0v) is 13.3. The van der Waals surface area contributed by atoms with Crippen LogP contribution < -0.4 is 0 Å². The van der Waals surface area contributed by atoms with Crippen molar-refractivity contribution in [3.05, 3.63) is 41.1 Å². The molecule has 0 saturated heterocycles. The van der Waals surface area contributed by atoms with E-state index < -0.39 is 5.97 Å². The number of esters is 1. The van der Waals surface area contributed by atoms with E-state index in [1.165, 1.54) is 4.90 Å². The van der Waals surface area contributed by atoms with Gasteiger partial charge >= 0.3 is 5.97 Å². The van der Waals surface area contributed by atoms with Gasteiger partial charge in [0.2, 0.25) is 0 Å². The van der Waals surface area contributed by atoms with Gasteiger partial charge in [0.25, 0.3) is 5.91 Å². The van der Waals surface area contributed by atoms with Crippen molar-refractivity contribution in [3.63, 3.8) is 0 Å². The first-order valence-corrected chi connectivity index (χ1v) is 7.21. The van der Waals surface area contributed by atoms with E-state index in [1.54, 1.807) is 14.1 Å². The molecule has 0 radical (unpaired) electrons. The van der Waals surface area contributed by atoms with Gasteiger partial charge in [-0.25, -0.2) is 4.79 Å². The van der Waals surface area contributed by atoms with Crippen LogP contribution in [0.5, 0.6) is 0 Å². The Balaban J connectivity index is 2.42. The van der Waals surface area contributed by atoms with Gasteiger partial charge < -0.3 is 9.64 Å². The Morgan fingerprint density at radius 2 is 1.91 bits per heavy atom. The molecule has 0 aliphatic rings. The molecule has 0 fully saturated rings. The molecular formula is C17H20N2O3. The second-order valence-electron chi connectivity index (χ2n) is 5.29. The van der Waals surface area contributed by atoms with Gasteiger partial charge in [0, 0.05) is 25.2 Å². The first-order chi connectivity index (χ1) is 10.5. The van der Waals surface area contributed by atoms with Crippen LogP contribution in [-0.2, 0) is 16.0 Å². The average molecular weight is 300 g/mol. The van der Waals surface area contributed by atoms with Crippen molar-refractivity contribution in [2.24, 2.45) is 0 Å². The van der Waals surface area contributed by atoms with Crippen molar-refractivity contribution >= 4 is 22.8 Å². The maximum absolute atomic E-state index is 12.5. The molecular weight excluding hydrogens is 280 g/mol. The van der Waals surface area contributed by atoms with Crippen LogP contribution in [0.4, 0.5) is 0 Å². The quantitative estimate of drug-likeness (QED) is 0.813. The number of aryl methyl sites for hydroxylation is 1. The van der Waals surface area contributed by atoms with Crippen molar-refractivity contribution in [1.29, 1.82) is 0 Å². The molecule has 5 nitrogen and oxygen atoms in total. The molecule has 0 atom stereocenters. The Morgan fingerprint density at radius 3 is 2.55 bits per heavy atom. The SMILES string of the molecule is CCc1nc2ccccc2c(C(=O)OCC(=O)N(C)C)c1C. The predicted octanol–water partition coefficient (Wildman–Crippen LogP) is 2.35. The van der Waals surface area contributed by atoms with Crippen molar-refractivity contribution in [2.75, 3.05) is 20.7 Å². The average Bonchev–Trinajstić information content (AvgIpc) is 2.51. The number of hydrogen-bond donors (Lipinski definition) is 0. The summed E-state index contributed by atoms with van der Waals surface area (Å²) in [6, 6.07) is 7.46. The van der Waals surface area contributed by atoms with E-state index in [0.29, 0.717) is 5.56 Å². The highest BCUT2D eigenvalue weighted by atomic mass is 16.5. The number of carbonyl (C=O) groups is 2. The molecule has 116 valence electrons. The molecule has 2 rings (SSSR count). The van der Waals surface area contributed by atoms with Crippen molar-refractivity contribution in [3.8, 4) is 0 Å². The standard InChI is InChI=1S/C17H20N2O3/c1-5-13-11(2)16(12-8-6-7-9-14(12)18-13)17(21)22-10-15(20)19(3)4/h6-9H,5,10H2,1-4H3. The number of likely N-dealkylation sites (N-methyl/N-ethyl adjacent to an activating group) is 1. The number of fused-ring (bicyclic) bond motifs is 1. The van der Waals surface area contributed by atoms with Gasteiger partial charge in [-0.05, 0) is 25.0 Å². The number of carbonyl (C=O) groups excluding carboxylic acids is 2. The molecule has 22 heavy (non-hydrogen) atoms. The molecule has 1 heterocycles. The van der Waals surface area contributed by atoms with E-state index in [4.69, 9.17) is 4.74 Å². The van der Waals surface area contributed by atoms with E-state index in [0.717, 1.165) is 28.6 Å². The minimum absolute atomic E-state index is 0.250. The van der Waals surface area contributed by atoms with Crippen LogP contribution >= 0.6 is 0 Å². The fourth-order valence-corrected chi connectivity index (χ4v) is 2.29. The lowest BCUT2D eigenvalue weighted by molar-refractivity contribution is -0.131. The molecule has 0 saturated carbocycles. The molecule has 0 aliphatic carbocycles. The van der Waals surface area contributed by atoms with Crippen LogP contribution in [-0.4, -0.2) is 42.5 Å². The number of aromatic nitrogens is 1. The molecule has 0 unspecified atom stereocenters. The summed E-state index contributed by atoms with van der Waals surface area (Å²) in [6.45, 7) is 3.60. The summed E-state index contributed by atoms with van der Waals surface area (Å²) < 4.78 is 5.18. The molecule has 0 N–H and O–H groups in total. The Morgan fingerprint density at radius 1 is 1.23 bits per heavy atom. The Kier molecular flexibility index (Phi) is 4.75. The maximum Gasteiger partial charge on any atom is 0.339 e. The summed E-state index contributed by atoms with van der Waals surface area (Å²) in [5.41, 5.74) is 2.93. The summed E-state index contributed by atoms with van der Waals surface area (Å²) in [5, 5.41) is 0.750. The minimum atomic E-state index is -0.485. The van der Waals surface area contributed by atoms with Crippen molar-refractivity contribution in [1.82, 2.24) is 9.88 Å². The first kappa shape index (κ1) is 15.9. The lowest BCUT2D eigenvalue weighted by Crippen LogP contribution is -2.27. The third-order valence-electron chi connectivity index (χ3n) is 3.60. The molecule has 0 aliphatic heterocycles. The topological polar surface area (TPSA) is 59.5 Å². The van der Waals surface area contributed by atoms with Gasteiger partial charge in [0.05, 0.1) is 11.1 Å². The normalized spacial score (nSPS) is 10.5. The highest BCUT2D eigenvalue weighted by Crippen LogP contribution is 2.24. The number of pyridine rings is 1. The van der Waals surface area contributed by atoms with E-state index >= 15 is 0 Å².